The van der Waals surface area contributed by atoms with Crippen LogP contribution in [0.1, 0.15) is 27.8 Å². The maximum absolute atomic E-state index is 12.9. The van der Waals surface area contributed by atoms with Gasteiger partial charge in [0.2, 0.25) is 0 Å². The molecule has 0 radical (unpaired) electrons. The van der Waals surface area contributed by atoms with E-state index in [0.717, 1.165) is 28.9 Å². The Hall–Kier alpha value is -3.65. The number of fused-ring (bicyclic) bond motifs is 1. The summed E-state index contributed by atoms with van der Waals surface area (Å²) < 4.78 is 1.82. The second kappa shape index (κ2) is 7.88. The molecule has 1 amide bonds. The summed E-state index contributed by atoms with van der Waals surface area (Å²) in [5, 5.41) is 8.86. The fourth-order valence-corrected chi connectivity index (χ4v) is 3.99. The molecule has 4 heterocycles. The lowest BCUT2D eigenvalue weighted by molar-refractivity contribution is 0.0536. The van der Waals surface area contributed by atoms with Crippen molar-refractivity contribution < 1.29 is 4.79 Å². The maximum Gasteiger partial charge on any atom is 0.274 e. The number of hydrogen-bond donors (Lipinski definition) is 0. The number of benzene rings is 1. The summed E-state index contributed by atoms with van der Waals surface area (Å²) in [6.07, 6.45) is 6.62. The molecule has 0 bridgehead atoms. The Labute approximate surface area is 180 Å². The zero-order chi connectivity index (χ0) is 21.4. The van der Waals surface area contributed by atoms with Crippen LogP contribution in [0.25, 0.3) is 16.6 Å². The van der Waals surface area contributed by atoms with Gasteiger partial charge in [-0.3, -0.25) is 14.7 Å². The molecule has 0 aliphatic carbocycles. The molecule has 1 atom stereocenters. The summed E-state index contributed by atoms with van der Waals surface area (Å²) in [4.78, 5) is 25.1. The SMILES string of the molecule is Cc1ccc(-c2ccc3c(C4CN(C(=O)c5cnccn5)CCN4C)nnn3c2)cc1. The topological polar surface area (TPSA) is 79.5 Å². The number of rotatable bonds is 3. The number of carbonyl (C=O) groups is 1. The third kappa shape index (κ3) is 3.66. The molecular formula is C23H23N7O. The van der Waals surface area contributed by atoms with E-state index in [0.29, 0.717) is 18.8 Å². The van der Waals surface area contributed by atoms with Gasteiger partial charge in [0, 0.05) is 43.8 Å². The van der Waals surface area contributed by atoms with E-state index < -0.39 is 0 Å². The maximum atomic E-state index is 12.9. The van der Waals surface area contributed by atoms with Crippen LogP contribution in [0, 0.1) is 6.92 Å². The van der Waals surface area contributed by atoms with E-state index >= 15 is 0 Å². The first-order valence-corrected chi connectivity index (χ1v) is 10.3. The number of aryl methyl sites for hydroxylation is 1. The van der Waals surface area contributed by atoms with Crippen LogP contribution < -0.4 is 0 Å². The monoisotopic (exact) mass is 413 g/mol. The highest BCUT2D eigenvalue weighted by Crippen LogP contribution is 2.28. The summed E-state index contributed by atoms with van der Waals surface area (Å²) in [5.41, 5.74) is 5.63. The van der Waals surface area contributed by atoms with Gasteiger partial charge >= 0.3 is 0 Å². The van der Waals surface area contributed by atoms with Gasteiger partial charge in [-0.1, -0.05) is 41.1 Å². The molecule has 8 nitrogen and oxygen atoms in total. The van der Waals surface area contributed by atoms with Gasteiger partial charge in [0.25, 0.3) is 5.91 Å². The first-order valence-electron chi connectivity index (χ1n) is 10.3. The van der Waals surface area contributed by atoms with E-state index in [1.165, 1.54) is 11.8 Å². The molecule has 1 fully saturated rings. The molecule has 1 aliphatic rings. The molecule has 1 aromatic carbocycles. The van der Waals surface area contributed by atoms with Gasteiger partial charge < -0.3 is 4.90 Å². The molecule has 5 rings (SSSR count). The Morgan fingerprint density at radius 1 is 1.03 bits per heavy atom. The summed E-state index contributed by atoms with van der Waals surface area (Å²) in [6.45, 7) is 3.99. The number of hydrogen-bond acceptors (Lipinski definition) is 6. The highest BCUT2D eigenvalue weighted by atomic mass is 16.2. The van der Waals surface area contributed by atoms with E-state index in [9.17, 15) is 4.79 Å². The van der Waals surface area contributed by atoms with Crippen molar-refractivity contribution in [2.75, 3.05) is 26.7 Å². The molecule has 4 aromatic rings. The van der Waals surface area contributed by atoms with Crippen LogP contribution >= 0.6 is 0 Å². The van der Waals surface area contributed by atoms with Crippen LogP contribution in [0.5, 0.6) is 0 Å². The number of nitrogens with zero attached hydrogens (tertiary/aromatic N) is 7. The van der Waals surface area contributed by atoms with Crippen molar-refractivity contribution in [2.45, 2.75) is 13.0 Å². The zero-order valence-electron chi connectivity index (χ0n) is 17.5. The van der Waals surface area contributed by atoms with Gasteiger partial charge in [-0.2, -0.15) is 0 Å². The average Bonchev–Trinajstić information content (AvgIpc) is 3.23. The van der Waals surface area contributed by atoms with Crippen LogP contribution in [-0.4, -0.2) is 67.2 Å². The molecule has 1 aliphatic heterocycles. The van der Waals surface area contributed by atoms with E-state index in [4.69, 9.17) is 0 Å². The number of pyridine rings is 1. The smallest absolute Gasteiger partial charge is 0.274 e. The summed E-state index contributed by atoms with van der Waals surface area (Å²) in [5.74, 6) is -0.107. The van der Waals surface area contributed by atoms with Crippen molar-refractivity contribution in [3.05, 3.63) is 78.1 Å². The fraction of sp³-hybridized carbons (Fsp3) is 0.261. The number of piperazine rings is 1. The number of aromatic nitrogens is 5. The van der Waals surface area contributed by atoms with Crippen molar-refractivity contribution in [2.24, 2.45) is 0 Å². The molecule has 156 valence electrons. The van der Waals surface area contributed by atoms with E-state index in [-0.39, 0.29) is 11.9 Å². The molecule has 31 heavy (non-hydrogen) atoms. The first-order chi connectivity index (χ1) is 15.1. The van der Waals surface area contributed by atoms with Crippen molar-refractivity contribution >= 4 is 11.4 Å². The lowest BCUT2D eigenvalue weighted by Crippen LogP contribution is -2.49. The normalized spacial score (nSPS) is 17.2. The van der Waals surface area contributed by atoms with Crippen molar-refractivity contribution in [1.82, 2.24) is 34.6 Å². The largest absolute Gasteiger partial charge is 0.334 e. The van der Waals surface area contributed by atoms with E-state index in [2.05, 4.69) is 75.5 Å². The summed E-state index contributed by atoms with van der Waals surface area (Å²) in [7, 11) is 2.06. The lowest BCUT2D eigenvalue weighted by Gasteiger charge is -2.38. The minimum absolute atomic E-state index is 0.0444. The number of carbonyl (C=O) groups excluding carboxylic acids is 1. The Balaban J connectivity index is 1.43. The molecular weight excluding hydrogens is 390 g/mol. The van der Waals surface area contributed by atoms with Crippen molar-refractivity contribution in [1.29, 1.82) is 0 Å². The second-order valence-electron chi connectivity index (χ2n) is 7.93. The molecule has 0 spiro atoms. The van der Waals surface area contributed by atoms with Gasteiger partial charge in [0.15, 0.2) is 0 Å². The number of amides is 1. The minimum Gasteiger partial charge on any atom is -0.334 e. The Morgan fingerprint density at radius 3 is 2.61 bits per heavy atom. The van der Waals surface area contributed by atoms with Gasteiger partial charge in [-0.15, -0.1) is 5.10 Å². The third-order valence-electron chi connectivity index (χ3n) is 5.86. The van der Waals surface area contributed by atoms with E-state index in [1.807, 2.05) is 15.6 Å². The fourth-order valence-electron chi connectivity index (χ4n) is 3.99. The van der Waals surface area contributed by atoms with Crippen LogP contribution in [0.15, 0.2) is 61.2 Å². The van der Waals surface area contributed by atoms with Crippen molar-refractivity contribution in [3.63, 3.8) is 0 Å². The first kappa shape index (κ1) is 19.3. The standard InChI is InChI=1S/C23H23N7O/c1-16-3-5-17(6-4-16)18-7-8-20-22(26-27-30(20)14-18)21-15-29(12-11-28(21)2)23(31)19-13-24-9-10-25-19/h3-10,13-14,21H,11-12,15H2,1-2H3. The highest BCUT2D eigenvalue weighted by Gasteiger charge is 2.32. The molecule has 3 aromatic heterocycles. The van der Waals surface area contributed by atoms with Crippen LogP contribution in [-0.2, 0) is 0 Å². The van der Waals surface area contributed by atoms with Gasteiger partial charge in [0.1, 0.15) is 11.4 Å². The van der Waals surface area contributed by atoms with Crippen LogP contribution in [0.2, 0.25) is 0 Å². The third-order valence-corrected chi connectivity index (χ3v) is 5.86. The molecule has 8 heteroatoms. The van der Waals surface area contributed by atoms with Gasteiger partial charge in [0.05, 0.1) is 17.8 Å². The Morgan fingerprint density at radius 2 is 1.84 bits per heavy atom. The van der Waals surface area contributed by atoms with E-state index in [1.54, 1.807) is 12.4 Å². The van der Waals surface area contributed by atoms with Gasteiger partial charge in [-0.25, -0.2) is 9.50 Å². The molecule has 1 unspecified atom stereocenters. The zero-order valence-corrected chi connectivity index (χ0v) is 17.5. The molecule has 0 saturated carbocycles. The molecule has 0 N–H and O–H groups in total. The summed E-state index contributed by atoms with van der Waals surface area (Å²) in [6, 6.07) is 12.5. The van der Waals surface area contributed by atoms with Crippen LogP contribution in [0.4, 0.5) is 0 Å². The lowest BCUT2D eigenvalue weighted by atomic mass is 10.0. The molecule has 1 saturated heterocycles. The summed E-state index contributed by atoms with van der Waals surface area (Å²) >= 11 is 0. The second-order valence-corrected chi connectivity index (χ2v) is 7.93. The average molecular weight is 413 g/mol. The van der Waals surface area contributed by atoms with Crippen molar-refractivity contribution in [3.8, 4) is 11.1 Å². The quantitative estimate of drug-likeness (QED) is 0.514. The van der Waals surface area contributed by atoms with Gasteiger partial charge in [-0.05, 0) is 25.6 Å². The number of likely N-dealkylation sites (N-methyl/N-ethyl adjacent to an activating group) is 1. The predicted molar refractivity (Wildman–Crippen MR) is 116 cm³/mol. The minimum atomic E-state index is -0.107. The highest BCUT2D eigenvalue weighted by molar-refractivity contribution is 5.92. The predicted octanol–water partition coefficient (Wildman–Crippen LogP) is 2.62. The Bertz CT molecular complexity index is 1220. The van der Waals surface area contributed by atoms with Crippen LogP contribution in [0.3, 0.4) is 0 Å². The Kier molecular flexibility index (Phi) is 4.91.